The summed E-state index contributed by atoms with van der Waals surface area (Å²) in [6, 6.07) is -0.260. The molecule has 2 aliphatic heterocycles. The van der Waals surface area contributed by atoms with Crippen molar-refractivity contribution in [2.75, 3.05) is 13.2 Å². The summed E-state index contributed by atoms with van der Waals surface area (Å²) in [5, 5.41) is 11.9. The Bertz CT molecular complexity index is 359. The Kier molecular flexibility index (Phi) is 4.63. The Labute approximate surface area is 113 Å². The Morgan fingerprint density at radius 3 is 2.95 bits per heavy atom. The van der Waals surface area contributed by atoms with Gasteiger partial charge in [0.05, 0.1) is 18.1 Å². The minimum atomic E-state index is -0.260. The molecule has 0 spiro atoms. The smallest absolute Gasteiger partial charge is 0.229 e. The predicted octanol–water partition coefficient (Wildman–Crippen LogP) is 0.929. The van der Waals surface area contributed by atoms with E-state index in [9.17, 15) is 4.79 Å². The lowest BCUT2D eigenvalue weighted by Crippen LogP contribution is -2.53. The van der Waals surface area contributed by atoms with Gasteiger partial charge in [-0.15, -0.1) is 0 Å². The van der Waals surface area contributed by atoms with Crippen LogP contribution in [0.5, 0.6) is 0 Å². The van der Waals surface area contributed by atoms with E-state index < -0.39 is 0 Å². The monoisotopic (exact) mass is 269 g/mol. The van der Waals surface area contributed by atoms with E-state index in [0.29, 0.717) is 13.2 Å². The third-order valence-corrected chi connectivity index (χ3v) is 4.17. The summed E-state index contributed by atoms with van der Waals surface area (Å²) in [4.78, 5) is 14.4. The fourth-order valence-corrected chi connectivity index (χ4v) is 3.12. The molecule has 0 radical (unpaired) electrons. The lowest BCUT2D eigenvalue weighted by Gasteiger charge is -2.37. The van der Waals surface area contributed by atoms with Crippen molar-refractivity contribution in [1.29, 1.82) is 0 Å². The van der Waals surface area contributed by atoms with Crippen LogP contribution in [0.15, 0.2) is 5.16 Å². The van der Waals surface area contributed by atoms with E-state index in [1.807, 2.05) is 6.92 Å². The number of likely N-dealkylation sites (tertiary alicyclic amines) is 1. The van der Waals surface area contributed by atoms with Crippen molar-refractivity contribution < 1.29 is 14.7 Å². The van der Waals surface area contributed by atoms with Crippen molar-refractivity contribution in [3.63, 3.8) is 0 Å². The third kappa shape index (κ3) is 2.83. The number of amides is 1. The van der Waals surface area contributed by atoms with Crippen molar-refractivity contribution in [1.82, 2.24) is 4.90 Å². The molecule has 2 heterocycles. The highest BCUT2D eigenvalue weighted by molar-refractivity contribution is 5.91. The number of oxime groups is 1. The molecule has 0 aromatic carbocycles. The number of nitrogens with two attached hydrogens (primary N) is 1. The predicted molar refractivity (Wildman–Crippen MR) is 70.9 cm³/mol. The number of amidine groups is 1. The first-order chi connectivity index (χ1) is 9.19. The number of carbonyl (C=O) groups excluding carboxylic acids is 1. The highest BCUT2D eigenvalue weighted by Gasteiger charge is 2.39. The van der Waals surface area contributed by atoms with Crippen molar-refractivity contribution >= 4 is 11.7 Å². The molecule has 1 amide bonds. The molecule has 2 fully saturated rings. The van der Waals surface area contributed by atoms with Gasteiger partial charge in [0, 0.05) is 13.2 Å². The van der Waals surface area contributed by atoms with E-state index in [1.165, 1.54) is 0 Å². The first-order valence-corrected chi connectivity index (χ1v) is 7.08. The normalized spacial score (nSPS) is 32.6. The number of hydrogen-bond donors (Lipinski definition) is 2. The summed E-state index contributed by atoms with van der Waals surface area (Å²) in [6.45, 7) is 3.37. The molecule has 0 saturated carbocycles. The highest BCUT2D eigenvalue weighted by Crippen LogP contribution is 2.28. The second-order valence-electron chi connectivity index (χ2n) is 5.28. The van der Waals surface area contributed by atoms with Gasteiger partial charge in [-0.1, -0.05) is 12.1 Å². The van der Waals surface area contributed by atoms with E-state index in [0.717, 1.165) is 32.1 Å². The van der Waals surface area contributed by atoms with Gasteiger partial charge in [-0.3, -0.25) is 4.79 Å². The van der Waals surface area contributed by atoms with Gasteiger partial charge in [0.25, 0.3) is 0 Å². The quantitative estimate of drug-likeness (QED) is 0.345. The number of piperidine rings is 1. The summed E-state index contributed by atoms with van der Waals surface area (Å²) >= 11 is 0. The molecule has 2 saturated heterocycles. The topological polar surface area (TPSA) is 88.2 Å². The zero-order chi connectivity index (χ0) is 13.8. The molecule has 19 heavy (non-hydrogen) atoms. The number of carbonyl (C=O) groups is 1. The maximum absolute atomic E-state index is 12.7. The van der Waals surface area contributed by atoms with E-state index in [1.54, 1.807) is 4.90 Å². The van der Waals surface area contributed by atoms with Crippen molar-refractivity contribution in [2.24, 2.45) is 16.8 Å². The van der Waals surface area contributed by atoms with Crippen LogP contribution in [0.1, 0.15) is 39.0 Å². The summed E-state index contributed by atoms with van der Waals surface area (Å²) in [5.41, 5.74) is 5.72. The van der Waals surface area contributed by atoms with E-state index in [4.69, 9.17) is 15.7 Å². The van der Waals surface area contributed by atoms with Crippen LogP contribution in [0.4, 0.5) is 0 Å². The number of nitrogens with zero attached hydrogens (tertiary/aromatic N) is 2. The molecule has 3 unspecified atom stereocenters. The molecular formula is C13H23N3O3. The molecule has 2 rings (SSSR count). The maximum atomic E-state index is 12.7. The molecule has 6 heteroatoms. The van der Waals surface area contributed by atoms with E-state index >= 15 is 0 Å². The van der Waals surface area contributed by atoms with Crippen LogP contribution in [0.25, 0.3) is 0 Å². The van der Waals surface area contributed by atoms with Crippen molar-refractivity contribution in [2.45, 2.75) is 51.2 Å². The molecule has 0 aromatic rings. The second-order valence-corrected chi connectivity index (χ2v) is 5.28. The first-order valence-electron chi connectivity index (χ1n) is 7.08. The summed E-state index contributed by atoms with van der Waals surface area (Å²) in [5.74, 6) is 0.165. The van der Waals surface area contributed by atoms with E-state index in [2.05, 4.69) is 5.16 Å². The third-order valence-electron chi connectivity index (χ3n) is 4.17. The minimum Gasteiger partial charge on any atom is -0.409 e. The van der Waals surface area contributed by atoms with E-state index in [-0.39, 0.29) is 29.8 Å². The van der Waals surface area contributed by atoms with Crippen LogP contribution >= 0.6 is 0 Å². The zero-order valence-corrected chi connectivity index (χ0v) is 11.4. The van der Waals surface area contributed by atoms with Gasteiger partial charge >= 0.3 is 0 Å². The lowest BCUT2D eigenvalue weighted by molar-refractivity contribution is -0.139. The van der Waals surface area contributed by atoms with Gasteiger partial charge < -0.3 is 20.6 Å². The van der Waals surface area contributed by atoms with Gasteiger partial charge in [-0.25, -0.2) is 0 Å². The van der Waals surface area contributed by atoms with Crippen molar-refractivity contribution in [3.05, 3.63) is 0 Å². The molecule has 0 aliphatic carbocycles. The van der Waals surface area contributed by atoms with Crippen LogP contribution in [0.3, 0.4) is 0 Å². The molecule has 0 bridgehead atoms. The van der Waals surface area contributed by atoms with Gasteiger partial charge in [0.2, 0.25) is 5.91 Å². The lowest BCUT2D eigenvalue weighted by atomic mass is 9.94. The second kappa shape index (κ2) is 6.23. The molecule has 3 atom stereocenters. The number of rotatable bonds is 3. The Balaban J connectivity index is 2.11. The van der Waals surface area contributed by atoms with Crippen LogP contribution < -0.4 is 5.73 Å². The van der Waals surface area contributed by atoms with Gasteiger partial charge in [0.15, 0.2) is 5.84 Å². The average molecular weight is 269 g/mol. The number of hydrogen-bond acceptors (Lipinski definition) is 4. The van der Waals surface area contributed by atoms with Gasteiger partial charge in [0.1, 0.15) is 0 Å². The Morgan fingerprint density at radius 1 is 1.47 bits per heavy atom. The SMILES string of the molecule is CCC1OCCC1C(=O)N1CCCCC1C(N)=NO. The molecule has 0 aromatic heterocycles. The van der Waals surface area contributed by atoms with Crippen molar-refractivity contribution in [3.8, 4) is 0 Å². The fourth-order valence-electron chi connectivity index (χ4n) is 3.12. The van der Waals surface area contributed by atoms with Crippen LogP contribution in [0, 0.1) is 5.92 Å². The Morgan fingerprint density at radius 2 is 2.26 bits per heavy atom. The largest absolute Gasteiger partial charge is 0.409 e. The zero-order valence-electron chi connectivity index (χ0n) is 11.4. The van der Waals surface area contributed by atoms with Gasteiger partial charge in [-0.05, 0) is 32.1 Å². The standard InChI is InChI=1S/C13H23N3O3/c1-2-11-9(6-8-19-11)13(17)16-7-4-3-5-10(16)12(14)15-18/h9-11,18H,2-8H2,1H3,(H2,14,15). The first kappa shape index (κ1) is 14.1. The molecule has 2 aliphatic rings. The Hall–Kier alpha value is -1.30. The minimum absolute atomic E-state index is 0.0161. The van der Waals surface area contributed by atoms with Crippen LogP contribution in [-0.2, 0) is 9.53 Å². The summed E-state index contributed by atoms with van der Waals surface area (Å²) in [7, 11) is 0. The van der Waals surface area contributed by atoms with Crippen LogP contribution in [-0.4, -0.2) is 47.1 Å². The summed E-state index contributed by atoms with van der Waals surface area (Å²) < 4.78 is 5.59. The molecule has 3 N–H and O–H groups in total. The molecule has 6 nitrogen and oxygen atoms in total. The fraction of sp³-hybridized carbons (Fsp3) is 0.846. The maximum Gasteiger partial charge on any atom is 0.229 e. The average Bonchev–Trinajstić information content (AvgIpc) is 2.94. The van der Waals surface area contributed by atoms with Crippen LogP contribution in [0.2, 0.25) is 0 Å². The number of ether oxygens (including phenoxy) is 1. The van der Waals surface area contributed by atoms with Gasteiger partial charge in [-0.2, -0.15) is 0 Å². The summed E-state index contributed by atoms with van der Waals surface area (Å²) in [6.07, 6.45) is 4.39. The molecular weight excluding hydrogens is 246 g/mol. The highest BCUT2D eigenvalue weighted by atomic mass is 16.5. The molecule has 108 valence electrons.